The molecule has 1 aliphatic heterocycles. The summed E-state index contributed by atoms with van der Waals surface area (Å²) >= 11 is 0. The van der Waals surface area contributed by atoms with Crippen LogP contribution >= 0.6 is 0 Å². The van der Waals surface area contributed by atoms with Gasteiger partial charge in [-0.25, -0.2) is 0 Å². The summed E-state index contributed by atoms with van der Waals surface area (Å²) < 4.78 is 0. The van der Waals surface area contributed by atoms with Crippen LogP contribution < -0.4 is 5.32 Å². The summed E-state index contributed by atoms with van der Waals surface area (Å²) in [5, 5.41) is 3.61. The van der Waals surface area contributed by atoms with Crippen molar-refractivity contribution in [2.24, 2.45) is 0 Å². The highest BCUT2D eigenvalue weighted by molar-refractivity contribution is 5.94. The first kappa shape index (κ1) is 14.4. The summed E-state index contributed by atoms with van der Waals surface area (Å²) in [6.07, 6.45) is 3.95. The van der Waals surface area contributed by atoms with Gasteiger partial charge in [0.25, 0.3) is 5.91 Å². The molecule has 21 heavy (non-hydrogen) atoms. The maximum Gasteiger partial charge on any atom is 0.253 e. The number of hydrogen-bond donors (Lipinski definition) is 1. The van der Waals surface area contributed by atoms with Crippen molar-refractivity contribution >= 4 is 11.6 Å². The van der Waals surface area contributed by atoms with E-state index in [0.29, 0.717) is 12.1 Å². The molecule has 1 heterocycles. The number of hydrogen-bond acceptors (Lipinski definition) is 3. The van der Waals surface area contributed by atoms with Crippen LogP contribution in [-0.4, -0.2) is 54.5 Å². The Morgan fingerprint density at radius 3 is 2.48 bits per heavy atom. The molecule has 1 saturated heterocycles. The smallest absolute Gasteiger partial charge is 0.253 e. The standard InChI is InChI=1S/C17H25N3O/c1-12-10-15(11-20(12)16-8-9-16)18-14-6-4-13(5-7-14)17(21)19(2)3/h4-7,12,15-16,18H,8-11H2,1-3H3. The Hall–Kier alpha value is -1.55. The number of anilines is 1. The Bertz CT molecular complexity index is 507. The van der Waals surface area contributed by atoms with Gasteiger partial charge in [-0.3, -0.25) is 9.69 Å². The van der Waals surface area contributed by atoms with Gasteiger partial charge in [0.05, 0.1) is 0 Å². The molecule has 2 atom stereocenters. The molecule has 2 unspecified atom stereocenters. The van der Waals surface area contributed by atoms with Crippen molar-refractivity contribution < 1.29 is 4.79 Å². The number of nitrogens with zero attached hydrogens (tertiary/aromatic N) is 2. The maximum atomic E-state index is 11.9. The molecule has 0 radical (unpaired) electrons. The second kappa shape index (κ2) is 5.68. The number of likely N-dealkylation sites (tertiary alicyclic amines) is 1. The quantitative estimate of drug-likeness (QED) is 0.924. The van der Waals surface area contributed by atoms with Crippen molar-refractivity contribution in [3.8, 4) is 0 Å². The molecule has 2 aliphatic rings. The Kier molecular flexibility index (Phi) is 3.89. The number of carbonyl (C=O) groups excluding carboxylic acids is 1. The molecule has 0 spiro atoms. The van der Waals surface area contributed by atoms with Crippen LogP contribution in [0, 0.1) is 0 Å². The molecule has 3 rings (SSSR count). The van der Waals surface area contributed by atoms with Crippen molar-refractivity contribution in [1.29, 1.82) is 0 Å². The summed E-state index contributed by atoms with van der Waals surface area (Å²) in [7, 11) is 3.56. The van der Waals surface area contributed by atoms with Crippen LogP contribution in [0.2, 0.25) is 0 Å². The lowest BCUT2D eigenvalue weighted by molar-refractivity contribution is 0.0827. The number of benzene rings is 1. The number of rotatable bonds is 4. The molecule has 4 heteroatoms. The SMILES string of the molecule is CC1CC(Nc2ccc(C(=O)N(C)C)cc2)CN1C1CC1. The van der Waals surface area contributed by atoms with Gasteiger partial charge in [-0.15, -0.1) is 0 Å². The lowest BCUT2D eigenvalue weighted by Gasteiger charge is -2.20. The van der Waals surface area contributed by atoms with E-state index in [1.807, 2.05) is 24.3 Å². The van der Waals surface area contributed by atoms with Gasteiger partial charge >= 0.3 is 0 Å². The minimum absolute atomic E-state index is 0.0518. The largest absolute Gasteiger partial charge is 0.381 e. The van der Waals surface area contributed by atoms with Crippen LogP contribution in [0.1, 0.15) is 36.5 Å². The van der Waals surface area contributed by atoms with Gasteiger partial charge in [-0.1, -0.05) is 0 Å². The van der Waals surface area contributed by atoms with Gasteiger partial charge < -0.3 is 10.2 Å². The zero-order chi connectivity index (χ0) is 15.0. The Labute approximate surface area is 127 Å². The van der Waals surface area contributed by atoms with Crippen LogP contribution in [0.4, 0.5) is 5.69 Å². The van der Waals surface area contributed by atoms with Crippen molar-refractivity contribution in [2.45, 2.75) is 44.3 Å². The van der Waals surface area contributed by atoms with Gasteiger partial charge in [-0.2, -0.15) is 0 Å². The van der Waals surface area contributed by atoms with E-state index in [4.69, 9.17) is 0 Å². The Morgan fingerprint density at radius 1 is 1.24 bits per heavy atom. The fourth-order valence-electron chi connectivity index (χ4n) is 3.28. The molecule has 4 nitrogen and oxygen atoms in total. The van der Waals surface area contributed by atoms with Gasteiger partial charge in [-0.05, 0) is 50.5 Å². The lowest BCUT2D eigenvalue weighted by Crippen LogP contribution is -2.31. The maximum absolute atomic E-state index is 11.9. The second-order valence-corrected chi connectivity index (χ2v) is 6.63. The highest BCUT2D eigenvalue weighted by atomic mass is 16.2. The normalized spacial score (nSPS) is 25.9. The zero-order valence-electron chi connectivity index (χ0n) is 13.2. The average Bonchev–Trinajstić information content (AvgIpc) is 3.23. The average molecular weight is 287 g/mol. The molecule has 1 N–H and O–H groups in total. The predicted octanol–water partition coefficient (Wildman–Crippen LogP) is 2.43. The monoisotopic (exact) mass is 287 g/mol. The molecular formula is C17H25N3O. The van der Waals surface area contributed by atoms with E-state index < -0.39 is 0 Å². The molecule has 0 aromatic heterocycles. The van der Waals surface area contributed by atoms with Crippen molar-refractivity contribution in [3.63, 3.8) is 0 Å². The predicted molar refractivity (Wildman–Crippen MR) is 85.7 cm³/mol. The third-order valence-corrected chi connectivity index (χ3v) is 4.55. The fourth-order valence-corrected chi connectivity index (χ4v) is 3.28. The van der Waals surface area contributed by atoms with Crippen LogP contribution in [0.25, 0.3) is 0 Å². The van der Waals surface area contributed by atoms with E-state index >= 15 is 0 Å². The highest BCUT2D eigenvalue weighted by Gasteiger charge is 2.38. The Balaban J connectivity index is 1.59. The second-order valence-electron chi connectivity index (χ2n) is 6.63. The van der Waals surface area contributed by atoms with Gasteiger partial charge in [0.15, 0.2) is 0 Å². The van der Waals surface area contributed by atoms with E-state index in [-0.39, 0.29) is 5.91 Å². The minimum atomic E-state index is 0.0518. The lowest BCUT2D eigenvalue weighted by atomic mass is 10.1. The van der Waals surface area contributed by atoms with Crippen molar-refractivity contribution in [3.05, 3.63) is 29.8 Å². The summed E-state index contributed by atoms with van der Waals surface area (Å²) in [6.45, 7) is 3.48. The van der Waals surface area contributed by atoms with Crippen LogP contribution in [0.3, 0.4) is 0 Å². The summed E-state index contributed by atoms with van der Waals surface area (Å²) in [6, 6.07) is 9.89. The summed E-state index contributed by atoms with van der Waals surface area (Å²) in [5.74, 6) is 0.0518. The van der Waals surface area contributed by atoms with Crippen molar-refractivity contribution in [1.82, 2.24) is 9.80 Å². The topological polar surface area (TPSA) is 35.6 Å². The minimum Gasteiger partial charge on any atom is -0.381 e. The molecule has 114 valence electrons. The third-order valence-electron chi connectivity index (χ3n) is 4.55. The first-order valence-corrected chi connectivity index (χ1v) is 7.88. The van der Waals surface area contributed by atoms with Gasteiger partial charge in [0.1, 0.15) is 0 Å². The van der Waals surface area contributed by atoms with E-state index in [1.165, 1.54) is 19.3 Å². The number of carbonyl (C=O) groups is 1. The molecule has 1 aromatic carbocycles. The molecule has 1 amide bonds. The highest BCUT2D eigenvalue weighted by Crippen LogP contribution is 2.34. The number of amides is 1. The van der Waals surface area contributed by atoms with Crippen LogP contribution in [0.5, 0.6) is 0 Å². The van der Waals surface area contributed by atoms with E-state index in [0.717, 1.165) is 23.8 Å². The van der Waals surface area contributed by atoms with Crippen molar-refractivity contribution in [2.75, 3.05) is 26.0 Å². The fraction of sp³-hybridized carbons (Fsp3) is 0.588. The van der Waals surface area contributed by atoms with Gasteiger partial charge in [0.2, 0.25) is 0 Å². The number of nitrogens with one attached hydrogen (secondary N) is 1. The summed E-state index contributed by atoms with van der Waals surface area (Å²) in [5.41, 5.74) is 1.85. The molecule has 2 fully saturated rings. The van der Waals surface area contributed by atoms with Gasteiger partial charge in [0, 0.05) is 50.0 Å². The van der Waals surface area contributed by atoms with E-state index in [1.54, 1.807) is 19.0 Å². The molecule has 1 aromatic rings. The van der Waals surface area contributed by atoms with E-state index in [2.05, 4.69) is 17.1 Å². The van der Waals surface area contributed by atoms with Crippen LogP contribution in [0.15, 0.2) is 24.3 Å². The van der Waals surface area contributed by atoms with E-state index in [9.17, 15) is 4.79 Å². The molecule has 1 saturated carbocycles. The Morgan fingerprint density at radius 2 is 1.90 bits per heavy atom. The zero-order valence-corrected chi connectivity index (χ0v) is 13.2. The van der Waals surface area contributed by atoms with Crippen LogP contribution in [-0.2, 0) is 0 Å². The molecule has 1 aliphatic carbocycles. The summed E-state index contributed by atoms with van der Waals surface area (Å²) in [4.78, 5) is 16.1. The first-order valence-electron chi connectivity index (χ1n) is 7.88. The first-order chi connectivity index (χ1) is 10.0. The third kappa shape index (κ3) is 3.21. The molecular weight excluding hydrogens is 262 g/mol. The molecule has 0 bridgehead atoms.